The van der Waals surface area contributed by atoms with Gasteiger partial charge >= 0.3 is 6.18 Å². The Hall–Kier alpha value is -2.13. The Bertz CT molecular complexity index is 647. The fourth-order valence-corrected chi connectivity index (χ4v) is 2.23. The number of carbonyl (C=O) groups excluding carboxylic acids is 1. The maximum absolute atomic E-state index is 12.2. The summed E-state index contributed by atoms with van der Waals surface area (Å²) in [5.41, 5.74) is 2.56. The highest BCUT2D eigenvalue weighted by atomic mass is 32.1. The van der Waals surface area contributed by atoms with E-state index in [9.17, 15) is 18.0 Å². The van der Waals surface area contributed by atoms with Crippen LogP contribution in [0.2, 0.25) is 0 Å². The first-order chi connectivity index (χ1) is 10.9. The van der Waals surface area contributed by atoms with Crippen molar-refractivity contribution < 1.29 is 23.1 Å². The minimum Gasteiger partial charge on any atom is -0.382 e. The molecule has 124 valence electrons. The number of hydrogen-bond donors (Lipinski definition) is 3. The van der Waals surface area contributed by atoms with Crippen molar-refractivity contribution >= 4 is 22.9 Å². The summed E-state index contributed by atoms with van der Waals surface area (Å²) < 4.78 is 36.6. The molecule has 1 aromatic carbocycles. The Labute approximate surface area is 134 Å². The summed E-state index contributed by atoms with van der Waals surface area (Å²) in [4.78, 5) is 16.8. The van der Waals surface area contributed by atoms with Gasteiger partial charge in [0.25, 0.3) is 5.91 Å². The number of nitrogens with zero attached hydrogens (tertiary/aromatic N) is 1. The molecule has 23 heavy (non-hydrogen) atoms. The third kappa shape index (κ3) is 5.22. The van der Waals surface area contributed by atoms with Gasteiger partial charge < -0.3 is 15.7 Å². The fourth-order valence-electron chi connectivity index (χ4n) is 1.70. The Kier molecular flexibility index (Phi) is 5.56. The average Bonchev–Trinajstić information content (AvgIpc) is 3.03. The molecule has 0 aliphatic carbocycles. The monoisotopic (exact) mass is 345 g/mol. The van der Waals surface area contributed by atoms with Crippen molar-refractivity contribution in [2.45, 2.75) is 18.8 Å². The second-order valence-corrected chi connectivity index (χ2v) is 5.64. The van der Waals surface area contributed by atoms with E-state index >= 15 is 0 Å². The molecule has 0 fully saturated rings. The Morgan fingerprint density at radius 2 is 2.17 bits per heavy atom. The van der Waals surface area contributed by atoms with Crippen molar-refractivity contribution in [3.8, 4) is 0 Å². The van der Waals surface area contributed by atoms with Gasteiger partial charge in [-0.15, -0.1) is 11.3 Å². The number of anilines is 1. The molecule has 2 aromatic rings. The number of aliphatic hydroxyl groups is 1. The lowest BCUT2D eigenvalue weighted by Gasteiger charge is -2.15. The quantitative estimate of drug-likeness (QED) is 0.752. The lowest BCUT2D eigenvalue weighted by Crippen LogP contribution is -2.40. The van der Waals surface area contributed by atoms with E-state index in [1.807, 2.05) is 0 Å². The molecule has 1 amide bonds. The lowest BCUT2D eigenvalue weighted by atomic mass is 10.2. The summed E-state index contributed by atoms with van der Waals surface area (Å²) in [6, 6.07) is 6.36. The molecule has 0 radical (unpaired) electrons. The molecule has 0 saturated heterocycles. The van der Waals surface area contributed by atoms with Gasteiger partial charge in [-0.3, -0.25) is 9.78 Å². The summed E-state index contributed by atoms with van der Waals surface area (Å²) in [5.74, 6) is -0.685. The number of nitrogens with one attached hydrogen (secondary N) is 2. The van der Waals surface area contributed by atoms with Gasteiger partial charge in [-0.25, -0.2) is 0 Å². The third-order valence-electron chi connectivity index (χ3n) is 2.91. The number of halogens is 3. The number of aromatic nitrogens is 1. The fraction of sp³-hybridized carbons (Fsp3) is 0.286. The van der Waals surface area contributed by atoms with E-state index < -0.39 is 24.7 Å². The summed E-state index contributed by atoms with van der Waals surface area (Å²) in [6.45, 7) is -0.358. The van der Waals surface area contributed by atoms with E-state index in [2.05, 4.69) is 15.6 Å². The van der Waals surface area contributed by atoms with Gasteiger partial charge in [0.15, 0.2) is 6.10 Å². The molecule has 0 bridgehead atoms. The van der Waals surface area contributed by atoms with Gasteiger partial charge in [0, 0.05) is 22.3 Å². The van der Waals surface area contributed by atoms with Crippen LogP contribution in [0, 0.1) is 0 Å². The van der Waals surface area contributed by atoms with Gasteiger partial charge in [0.1, 0.15) is 0 Å². The van der Waals surface area contributed by atoms with E-state index in [-0.39, 0.29) is 5.56 Å². The minimum atomic E-state index is -4.76. The average molecular weight is 345 g/mol. The Morgan fingerprint density at radius 1 is 1.39 bits per heavy atom. The standard InChI is InChI=1S/C14H14F3N3O2S/c15-14(16,17)12(21)7-20-13(22)9-2-1-3-10(4-9)19-6-11-5-18-8-23-11/h1-5,8,12,19,21H,6-7H2,(H,20,22)/t12-/m0/s1. The molecule has 1 aromatic heterocycles. The molecule has 0 aliphatic rings. The summed E-state index contributed by atoms with van der Waals surface area (Å²) in [7, 11) is 0. The van der Waals surface area contributed by atoms with Gasteiger partial charge in [0.2, 0.25) is 0 Å². The van der Waals surface area contributed by atoms with E-state index in [1.165, 1.54) is 23.5 Å². The van der Waals surface area contributed by atoms with Crippen LogP contribution in [0.1, 0.15) is 15.2 Å². The van der Waals surface area contributed by atoms with Gasteiger partial charge in [-0.2, -0.15) is 13.2 Å². The number of rotatable bonds is 6. The molecule has 9 heteroatoms. The molecule has 0 spiro atoms. The zero-order chi connectivity index (χ0) is 16.9. The highest BCUT2D eigenvalue weighted by molar-refractivity contribution is 7.09. The number of alkyl halides is 3. The summed E-state index contributed by atoms with van der Waals surface area (Å²) in [6.07, 6.45) is -5.63. The van der Waals surface area contributed by atoms with Crippen molar-refractivity contribution in [3.63, 3.8) is 0 Å². The summed E-state index contributed by atoms with van der Waals surface area (Å²) >= 11 is 1.48. The molecule has 0 unspecified atom stereocenters. The molecular formula is C14H14F3N3O2S. The van der Waals surface area contributed by atoms with Crippen LogP contribution in [0.25, 0.3) is 0 Å². The van der Waals surface area contributed by atoms with Crippen molar-refractivity contribution in [2.75, 3.05) is 11.9 Å². The van der Waals surface area contributed by atoms with Crippen molar-refractivity contribution in [1.29, 1.82) is 0 Å². The predicted molar refractivity (Wildman–Crippen MR) is 80.3 cm³/mol. The zero-order valence-electron chi connectivity index (χ0n) is 11.8. The molecule has 0 aliphatic heterocycles. The van der Waals surface area contributed by atoms with Crippen LogP contribution in [0.3, 0.4) is 0 Å². The van der Waals surface area contributed by atoms with Crippen LogP contribution < -0.4 is 10.6 Å². The van der Waals surface area contributed by atoms with Crippen LogP contribution >= 0.6 is 11.3 Å². The van der Waals surface area contributed by atoms with Crippen molar-refractivity contribution in [2.24, 2.45) is 0 Å². The topological polar surface area (TPSA) is 74.2 Å². The SMILES string of the molecule is O=C(NC[C@H](O)C(F)(F)F)c1cccc(NCc2cncs2)c1. The van der Waals surface area contributed by atoms with Crippen LogP contribution in [0.5, 0.6) is 0 Å². The molecule has 1 atom stereocenters. The maximum Gasteiger partial charge on any atom is 0.416 e. The number of hydrogen-bond acceptors (Lipinski definition) is 5. The maximum atomic E-state index is 12.2. The second-order valence-electron chi connectivity index (χ2n) is 4.67. The molecule has 3 N–H and O–H groups in total. The van der Waals surface area contributed by atoms with Crippen molar-refractivity contribution in [1.82, 2.24) is 10.3 Å². The molecule has 0 saturated carbocycles. The number of amides is 1. The third-order valence-corrected chi connectivity index (χ3v) is 3.69. The van der Waals surface area contributed by atoms with Crippen LogP contribution in [0.15, 0.2) is 36.0 Å². The van der Waals surface area contributed by atoms with Crippen LogP contribution in [-0.4, -0.2) is 34.8 Å². The highest BCUT2D eigenvalue weighted by Crippen LogP contribution is 2.19. The Balaban J connectivity index is 1.92. The van der Waals surface area contributed by atoms with Crippen molar-refractivity contribution in [3.05, 3.63) is 46.4 Å². The van der Waals surface area contributed by atoms with Gasteiger partial charge in [-0.1, -0.05) is 6.07 Å². The minimum absolute atomic E-state index is 0.202. The zero-order valence-corrected chi connectivity index (χ0v) is 12.6. The first-order valence-electron chi connectivity index (χ1n) is 6.60. The molecule has 1 heterocycles. The summed E-state index contributed by atoms with van der Waals surface area (Å²) in [5, 5.41) is 14.0. The van der Waals surface area contributed by atoms with Crippen LogP contribution in [-0.2, 0) is 6.54 Å². The largest absolute Gasteiger partial charge is 0.416 e. The van der Waals surface area contributed by atoms with E-state index in [0.717, 1.165) is 4.88 Å². The van der Waals surface area contributed by atoms with E-state index in [4.69, 9.17) is 5.11 Å². The molecule has 2 rings (SSSR count). The molecular weight excluding hydrogens is 331 g/mol. The van der Waals surface area contributed by atoms with Gasteiger partial charge in [-0.05, 0) is 18.2 Å². The lowest BCUT2D eigenvalue weighted by molar-refractivity contribution is -0.201. The second kappa shape index (κ2) is 7.42. The normalized spacial score (nSPS) is 12.7. The first kappa shape index (κ1) is 17.2. The number of benzene rings is 1. The molecule has 5 nitrogen and oxygen atoms in total. The number of thiazole rings is 1. The van der Waals surface area contributed by atoms with E-state index in [1.54, 1.807) is 23.8 Å². The number of aliphatic hydroxyl groups excluding tert-OH is 1. The smallest absolute Gasteiger partial charge is 0.382 e. The highest BCUT2D eigenvalue weighted by Gasteiger charge is 2.38. The first-order valence-corrected chi connectivity index (χ1v) is 7.48. The van der Waals surface area contributed by atoms with Gasteiger partial charge in [0.05, 0.1) is 18.6 Å². The Morgan fingerprint density at radius 3 is 2.83 bits per heavy atom. The van der Waals surface area contributed by atoms with Crippen LogP contribution in [0.4, 0.5) is 18.9 Å². The number of carbonyl (C=O) groups is 1. The van der Waals surface area contributed by atoms with E-state index in [0.29, 0.717) is 12.2 Å². The predicted octanol–water partition coefficient (Wildman–Crippen LogP) is 2.41.